The molecule has 5 amide bonds. The van der Waals surface area contributed by atoms with E-state index in [1.807, 2.05) is 59.0 Å². The van der Waals surface area contributed by atoms with E-state index in [9.17, 15) is 24.0 Å². The third kappa shape index (κ3) is 16.1. The topological polar surface area (TPSA) is 163 Å². The number of ketones is 1. The average molecular weight is 647 g/mol. The van der Waals surface area contributed by atoms with Crippen LogP contribution in [0.5, 0.6) is 0 Å². The molecule has 0 aliphatic rings. The highest BCUT2D eigenvalue weighted by Crippen LogP contribution is 2.19. The Morgan fingerprint density at radius 1 is 0.804 bits per heavy atom. The lowest BCUT2D eigenvalue weighted by atomic mass is 9.89. The van der Waals surface area contributed by atoms with E-state index in [-0.39, 0.29) is 54.9 Å². The predicted octanol–water partition coefficient (Wildman–Crippen LogP) is 3.46. The van der Waals surface area contributed by atoms with Gasteiger partial charge in [-0.3, -0.25) is 14.4 Å². The zero-order chi connectivity index (χ0) is 34.8. The first-order valence-electron chi connectivity index (χ1n) is 16.4. The molecule has 0 radical (unpaired) electrons. The van der Waals surface area contributed by atoms with Crippen molar-refractivity contribution in [3.05, 3.63) is 35.4 Å². The summed E-state index contributed by atoms with van der Waals surface area (Å²) in [6.07, 6.45) is 1.72. The number of amides is 5. The lowest BCUT2D eigenvalue weighted by molar-refractivity contribution is -0.131. The Morgan fingerprint density at radius 3 is 1.96 bits per heavy atom. The molecule has 0 fully saturated rings. The fourth-order valence-electron chi connectivity index (χ4n) is 4.61. The van der Waals surface area contributed by atoms with E-state index in [1.165, 1.54) is 0 Å². The summed E-state index contributed by atoms with van der Waals surface area (Å²) >= 11 is 0. The summed E-state index contributed by atoms with van der Waals surface area (Å²) in [6.45, 7) is 14.0. The van der Waals surface area contributed by atoms with Gasteiger partial charge < -0.3 is 36.2 Å². The molecule has 12 heteroatoms. The molecule has 0 saturated heterocycles. The van der Waals surface area contributed by atoms with Crippen molar-refractivity contribution >= 4 is 29.7 Å². The summed E-state index contributed by atoms with van der Waals surface area (Å²) in [5, 5.41) is 8.37. The summed E-state index contributed by atoms with van der Waals surface area (Å²) in [5.41, 5.74) is 6.74. The number of nitrogens with one attached hydrogen (secondary N) is 3. The van der Waals surface area contributed by atoms with Crippen molar-refractivity contribution in [2.75, 3.05) is 40.3 Å². The molecule has 12 nitrogen and oxygen atoms in total. The first-order chi connectivity index (χ1) is 21.6. The summed E-state index contributed by atoms with van der Waals surface area (Å²) in [4.78, 5) is 65.9. The standard InChI is InChI=1S/C34H58N6O6/c1-23(2)28(11-9-17-36-31(42)24(3)4)32(43)38-29(12-10-18-37-33(35)44)30(41)21-26-13-15-27(16-14-26)22-46-34(45)40(8)20-19-39(7)25(5)6/h13-16,23-25,28-29H,9-12,17-22H2,1-8H3,(H,36,42)(H,38,43)(H3,35,37,44)/t28-,29-/m1/s1. The smallest absolute Gasteiger partial charge is 0.409 e. The number of nitrogens with two attached hydrogens (primary N) is 1. The van der Waals surface area contributed by atoms with Crippen molar-refractivity contribution in [3.63, 3.8) is 0 Å². The molecule has 0 aliphatic carbocycles. The second kappa shape index (κ2) is 21.2. The van der Waals surface area contributed by atoms with Gasteiger partial charge >= 0.3 is 12.1 Å². The third-order valence-electron chi connectivity index (χ3n) is 8.08. The van der Waals surface area contributed by atoms with Gasteiger partial charge in [0.1, 0.15) is 6.61 Å². The number of primary amides is 1. The fourth-order valence-corrected chi connectivity index (χ4v) is 4.61. The Bertz CT molecular complexity index is 1110. The van der Waals surface area contributed by atoms with Gasteiger partial charge in [-0.2, -0.15) is 0 Å². The van der Waals surface area contributed by atoms with Crippen LogP contribution < -0.4 is 21.7 Å². The van der Waals surface area contributed by atoms with Crippen molar-refractivity contribution in [2.45, 2.75) is 92.3 Å². The van der Waals surface area contributed by atoms with Crippen LogP contribution in [-0.4, -0.2) is 91.9 Å². The number of likely N-dealkylation sites (N-methyl/N-ethyl adjacent to an activating group) is 2. The molecule has 0 spiro atoms. The van der Waals surface area contributed by atoms with Crippen molar-refractivity contribution in [2.24, 2.45) is 23.5 Å². The van der Waals surface area contributed by atoms with Gasteiger partial charge in [0.2, 0.25) is 11.8 Å². The molecule has 5 N–H and O–H groups in total. The van der Waals surface area contributed by atoms with E-state index in [1.54, 1.807) is 11.9 Å². The highest BCUT2D eigenvalue weighted by molar-refractivity contribution is 5.91. The van der Waals surface area contributed by atoms with Gasteiger partial charge in [0.05, 0.1) is 6.04 Å². The second-order valence-corrected chi connectivity index (χ2v) is 12.9. The van der Waals surface area contributed by atoms with E-state index < -0.39 is 18.2 Å². The quantitative estimate of drug-likeness (QED) is 0.149. The van der Waals surface area contributed by atoms with Crippen molar-refractivity contribution in [1.29, 1.82) is 0 Å². The van der Waals surface area contributed by atoms with Crippen molar-refractivity contribution < 1.29 is 28.7 Å². The second-order valence-electron chi connectivity index (χ2n) is 12.9. The van der Waals surface area contributed by atoms with Crippen LogP contribution in [0, 0.1) is 17.8 Å². The number of rotatable bonds is 21. The minimum atomic E-state index is -0.741. The van der Waals surface area contributed by atoms with E-state index in [0.717, 1.165) is 17.7 Å². The van der Waals surface area contributed by atoms with Crippen LogP contribution in [0.25, 0.3) is 0 Å². The maximum absolute atomic E-state index is 13.4. The van der Waals surface area contributed by atoms with Crippen LogP contribution in [0.4, 0.5) is 9.59 Å². The number of nitrogens with zero attached hydrogens (tertiary/aromatic N) is 2. The lowest BCUT2D eigenvalue weighted by Crippen LogP contribution is -2.46. The molecule has 0 aliphatic heterocycles. The molecular formula is C34H58N6O6. The fraction of sp³-hybridized carbons (Fsp3) is 0.676. The van der Waals surface area contributed by atoms with Gasteiger partial charge in [-0.25, -0.2) is 9.59 Å². The Labute approximate surface area is 275 Å². The first kappa shape index (κ1) is 40.4. The maximum Gasteiger partial charge on any atom is 0.409 e. The SMILES string of the molecule is CC(C)C(=O)NCCC[C@@H](C(=O)N[C@H](CCCNC(N)=O)C(=O)Cc1ccc(COC(=O)N(C)CCN(C)C(C)C)cc1)C(C)C. The van der Waals surface area contributed by atoms with Gasteiger partial charge in [-0.15, -0.1) is 0 Å². The minimum absolute atomic E-state index is 0.0249. The number of ether oxygens (including phenoxy) is 1. The molecule has 1 rings (SSSR count). The molecule has 260 valence electrons. The number of carbonyl (C=O) groups is 5. The number of carbonyl (C=O) groups excluding carboxylic acids is 5. The largest absolute Gasteiger partial charge is 0.445 e. The van der Waals surface area contributed by atoms with Crippen LogP contribution in [0.15, 0.2) is 24.3 Å². The molecule has 1 aromatic rings. The molecule has 0 aromatic heterocycles. The molecule has 1 aromatic carbocycles. The Hall–Kier alpha value is -3.67. The molecule has 46 heavy (non-hydrogen) atoms. The summed E-state index contributed by atoms with van der Waals surface area (Å²) in [7, 11) is 3.72. The van der Waals surface area contributed by atoms with Crippen LogP contribution in [0.1, 0.15) is 78.4 Å². The third-order valence-corrected chi connectivity index (χ3v) is 8.08. The van der Waals surface area contributed by atoms with Crippen LogP contribution >= 0.6 is 0 Å². The number of hydrogen-bond donors (Lipinski definition) is 4. The monoisotopic (exact) mass is 646 g/mol. The van der Waals surface area contributed by atoms with E-state index in [2.05, 4.69) is 34.7 Å². The summed E-state index contributed by atoms with van der Waals surface area (Å²) in [6, 6.07) is 6.27. The molecular weight excluding hydrogens is 588 g/mol. The molecule has 0 saturated carbocycles. The number of hydrogen-bond acceptors (Lipinski definition) is 7. The van der Waals surface area contributed by atoms with Crippen molar-refractivity contribution in [3.8, 4) is 0 Å². The van der Waals surface area contributed by atoms with E-state index in [0.29, 0.717) is 44.8 Å². The number of Topliss-reactive ketones (excluding diaryl/α,β-unsaturated/α-hetero) is 1. The Balaban J connectivity index is 2.80. The van der Waals surface area contributed by atoms with Crippen LogP contribution in [-0.2, 0) is 32.1 Å². The Morgan fingerprint density at radius 2 is 1.39 bits per heavy atom. The minimum Gasteiger partial charge on any atom is -0.445 e. The predicted molar refractivity (Wildman–Crippen MR) is 180 cm³/mol. The summed E-state index contributed by atoms with van der Waals surface area (Å²) < 4.78 is 5.45. The maximum atomic E-state index is 13.4. The molecule has 0 bridgehead atoms. The van der Waals surface area contributed by atoms with Crippen molar-refractivity contribution in [1.82, 2.24) is 25.8 Å². The zero-order valence-corrected chi connectivity index (χ0v) is 29.2. The van der Waals surface area contributed by atoms with Gasteiger partial charge in [0.25, 0.3) is 0 Å². The first-order valence-corrected chi connectivity index (χ1v) is 16.4. The zero-order valence-electron chi connectivity index (χ0n) is 29.2. The van der Waals surface area contributed by atoms with E-state index >= 15 is 0 Å². The number of benzene rings is 1. The normalized spacial score (nSPS) is 12.6. The molecule has 0 unspecified atom stereocenters. The molecule has 0 heterocycles. The number of urea groups is 1. The lowest BCUT2D eigenvalue weighted by Gasteiger charge is -2.25. The molecule has 2 atom stereocenters. The van der Waals surface area contributed by atoms with E-state index in [4.69, 9.17) is 10.5 Å². The van der Waals surface area contributed by atoms with Crippen LogP contribution in [0.3, 0.4) is 0 Å². The van der Waals surface area contributed by atoms with Gasteiger partial charge in [-0.1, -0.05) is 52.0 Å². The highest BCUT2D eigenvalue weighted by atomic mass is 16.6. The highest BCUT2D eigenvalue weighted by Gasteiger charge is 2.27. The van der Waals surface area contributed by atoms with Gasteiger partial charge in [-0.05, 0) is 63.6 Å². The van der Waals surface area contributed by atoms with Crippen LogP contribution in [0.2, 0.25) is 0 Å². The Kier molecular flexibility index (Phi) is 18.6. The summed E-state index contributed by atoms with van der Waals surface area (Å²) in [5.74, 6) is -0.769. The van der Waals surface area contributed by atoms with Gasteiger partial charge in [0, 0.05) is 57.5 Å². The van der Waals surface area contributed by atoms with Gasteiger partial charge in [0.15, 0.2) is 5.78 Å². The average Bonchev–Trinajstić information content (AvgIpc) is 2.99.